The van der Waals surface area contributed by atoms with E-state index >= 15 is 0 Å². The summed E-state index contributed by atoms with van der Waals surface area (Å²) < 4.78 is 5.76. The van der Waals surface area contributed by atoms with E-state index in [1.807, 2.05) is 26.0 Å². The zero-order chi connectivity index (χ0) is 14.3. The highest BCUT2D eigenvalue weighted by Gasteiger charge is 2.10. The van der Waals surface area contributed by atoms with Gasteiger partial charge in [0.2, 0.25) is 5.88 Å². The van der Waals surface area contributed by atoms with Gasteiger partial charge in [0.25, 0.3) is 0 Å². The van der Waals surface area contributed by atoms with Gasteiger partial charge in [-0.05, 0) is 44.9 Å². The van der Waals surface area contributed by atoms with Crippen molar-refractivity contribution >= 4 is 0 Å². The van der Waals surface area contributed by atoms with Crippen LogP contribution in [-0.2, 0) is 6.54 Å². The van der Waals surface area contributed by atoms with Gasteiger partial charge in [0.1, 0.15) is 6.61 Å². The standard InChI is InChI=1S/C16H26N2O/c1-6-7-8-19-16-15(11-17-10-12(2)3)13(4)9-14(5)18-16/h6-7,9,12,17H,8,10-11H2,1-5H3. The van der Waals surface area contributed by atoms with Gasteiger partial charge >= 0.3 is 0 Å². The van der Waals surface area contributed by atoms with E-state index in [1.54, 1.807) is 0 Å². The molecule has 3 nitrogen and oxygen atoms in total. The molecule has 1 aromatic heterocycles. The van der Waals surface area contributed by atoms with Gasteiger partial charge in [0.05, 0.1) is 0 Å². The molecule has 0 aliphatic rings. The summed E-state index contributed by atoms with van der Waals surface area (Å²) in [5, 5.41) is 3.45. The van der Waals surface area contributed by atoms with Crippen molar-refractivity contribution in [2.75, 3.05) is 13.2 Å². The topological polar surface area (TPSA) is 34.1 Å². The van der Waals surface area contributed by atoms with Crippen molar-refractivity contribution in [1.82, 2.24) is 10.3 Å². The Bertz CT molecular complexity index is 425. The van der Waals surface area contributed by atoms with Crippen LogP contribution < -0.4 is 10.1 Å². The van der Waals surface area contributed by atoms with Crippen LogP contribution in [-0.4, -0.2) is 18.1 Å². The third kappa shape index (κ3) is 5.43. The van der Waals surface area contributed by atoms with Gasteiger partial charge in [0, 0.05) is 17.8 Å². The molecule has 19 heavy (non-hydrogen) atoms. The molecule has 0 aliphatic carbocycles. The summed E-state index contributed by atoms with van der Waals surface area (Å²) in [5.74, 6) is 1.40. The third-order valence-electron chi connectivity index (χ3n) is 2.84. The minimum Gasteiger partial charge on any atom is -0.473 e. The number of pyridine rings is 1. The Morgan fingerprint density at radius 1 is 1.37 bits per heavy atom. The van der Waals surface area contributed by atoms with Crippen LogP contribution >= 0.6 is 0 Å². The van der Waals surface area contributed by atoms with E-state index in [-0.39, 0.29) is 0 Å². The molecule has 3 heteroatoms. The number of ether oxygens (including phenoxy) is 1. The second-order valence-corrected chi connectivity index (χ2v) is 5.27. The van der Waals surface area contributed by atoms with Crippen LogP contribution in [0.2, 0.25) is 0 Å². The molecule has 1 N–H and O–H groups in total. The maximum absolute atomic E-state index is 5.76. The minimum atomic E-state index is 0.573. The molecule has 0 aromatic carbocycles. The normalized spacial score (nSPS) is 11.5. The lowest BCUT2D eigenvalue weighted by Gasteiger charge is -2.14. The SMILES string of the molecule is CC=CCOc1nc(C)cc(C)c1CNCC(C)C. The number of nitrogens with one attached hydrogen (secondary N) is 1. The van der Waals surface area contributed by atoms with Crippen LogP contribution in [0.4, 0.5) is 0 Å². The van der Waals surface area contributed by atoms with Crippen LogP contribution in [0.5, 0.6) is 5.88 Å². The molecular weight excluding hydrogens is 236 g/mol. The van der Waals surface area contributed by atoms with Crippen molar-refractivity contribution in [3.63, 3.8) is 0 Å². The number of hydrogen-bond donors (Lipinski definition) is 1. The Labute approximate surface area is 117 Å². The molecule has 0 spiro atoms. The van der Waals surface area contributed by atoms with E-state index < -0.39 is 0 Å². The highest BCUT2D eigenvalue weighted by atomic mass is 16.5. The highest BCUT2D eigenvalue weighted by Crippen LogP contribution is 2.21. The van der Waals surface area contributed by atoms with Gasteiger partial charge in [-0.3, -0.25) is 0 Å². The van der Waals surface area contributed by atoms with Gasteiger partial charge in [-0.25, -0.2) is 4.98 Å². The maximum atomic E-state index is 5.76. The molecule has 0 aliphatic heterocycles. The fraction of sp³-hybridized carbons (Fsp3) is 0.562. The third-order valence-corrected chi connectivity index (χ3v) is 2.84. The molecule has 1 aromatic rings. The second kappa shape index (κ2) is 7.95. The summed E-state index contributed by atoms with van der Waals surface area (Å²) in [5.41, 5.74) is 3.40. The van der Waals surface area contributed by atoms with Crippen molar-refractivity contribution in [3.8, 4) is 5.88 Å². The Morgan fingerprint density at radius 2 is 2.11 bits per heavy atom. The smallest absolute Gasteiger partial charge is 0.218 e. The van der Waals surface area contributed by atoms with Crippen molar-refractivity contribution in [2.45, 2.75) is 41.2 Å². The molecule has 0 radical (unpaired) electrons. The molecule has 1 heterocycles. The first-order valence-corrected chi connectivity index (χ1v) is 6.96. The Balaban J connectivity index is 2.80. The number of rotatable bonds is 7. The predicted molar refractivity (Wildman–Crippen MR) is 80.6 cm³/mol. The number of hydrogen-bond acceptors (Lipinski definition) is 3. The monoisotopic (exact) mass is 262 g/mol. The number of aryl methyl sites for hydroxylation is 2. The molecule has 0 saturated heterocycles. The van der Waals surface area contributed by atoms with Gasteiger partial charge in [-0.15, -0.1) is 0 Å². The first kappa shape index (κ1) is 15.7. The van der Waals surface area contributed by atoms with Gasteiger partial charge < -0.3 is 10.1 Å². The Hall–Kier alpha value is -1.35. The lowest BCUT2D eigenvalue weighted by molar-refractivity contribution is 0.341. The zero-order valence-corrected chi connectivity index (χ0v) is 12.8. The quantitative estimate of drug-likeness (QED) is 0.765. The van der Waals surface area contributed by atoms with E-state index in [0.717, 1.165) is 30.2 Å². The first-order valence-electron chi connectivity index (χ1n) is 6.96. The van der Waals surface area contributed by atoms with E-state index in [2.05, 4.69) is 37.1 Å². The van der Waals surface area contributed by atoms with Crippen molar-refractivity contribution in [3.05, 3.63) is 35.0 Å². The summed E-state index contributed by atoms with van der Waals surface area (Å²) >= 11 is 0. The molecular formula is C16H26N2O. The molecule has 106 valence electrons. The first-order chi connectivity index (χ1) is 9.04. The molecule has 0 unspecified atom stereocenters. The molecule has 0 atom stereocenters. The second-order valence-electron chi connectivity index (χ2n) is 5.27. The Morgan fingerprint density at radius 3 is 2.74 bits per heavy atom. The van der Waals surface area contributed by atoms with Crippen molar-refractivity contribution in [1.29, 1.82) is 0 Å². The summed E-state index contributed by atoms with van der Waals surface area (Å²) in [7, 11) is 0. The highest BCUT2D eigenvalue weighted by molar-refractivity contribution is 5.36. The minimum absolute atomic E-state index is 0.573. The van der Waals surface area contributed by atoms with Crippen LogP contribution in [0.3, 0.4) is 0 Å². The molecule has 0 saturated carbocycles. The van der Waals surface area contributed by atoms with E-state index in [0.29, 0.717) is 12.5 Å². The average Bonchev–Trinajstić information content (AvgIpc) is 2.32. The summed E-state index contributed by atoms with van der Waals surface area (Å²) in [6, 6.07) is 2.11. The average molecular weight is 262 g/mol. The van der Waals surface area contributed by atoms with Crippen molar-refractivity contribution < 1.29 is 4.74 Å². The molecule has 0 amide bonds. The molecule has 0 fully saturated rings. The number of aromatic nitrogens is 1. The van der Waals surface area contributed by atoms with Crippen molar-refractivity contribution in [2.24, 2.45) is 5.92 Å². The maximum Gasteiger partial charge on any atom is 0.218 e. The predicted octanol–water partition coefficient (Wildman–Crippen LogP) is 3.40. The Kier molecular flexibility index (Phi) is 6.57. The summed E-state index contributed by atoms with van der Waals surface area (Å²) in [6.07, 6.45) is 3.98. The van der Waals surface area contributed by atoms with Gasteiger partial charge in [0.15, 0.2) is 0 Å². The van der Waals surface area contributed by atoms with Crippen LogP contribution in [0.25, 0.3) is 0 Å². The van der Waals surface area contributed by atoms with E-state index in [1.165, 1.54) is 5.56 Å². The fourth-order valence-electron chi connectivity index (χ4n) is 1.87. The fourth-order valence-corrected chi connectivity index (χ4v) is 1.87. The molecule has 0 bridgehead atoms. The zero-order valence-electron chi connectivity index (χ0n) is 12.8. The van der Waals surface area contributed by atoms with Crippen LogP contribution in [0.1, 0.15) is 37.6 Å². The number of allylic oxidation sites excluding steroid dienone is 1. The summed E-state index contributed by atoms with van der Waals surface area (Å²) in [4.78, 5) is 4.51. The van der Waals surface area contributed by atoms with Crippen LogP contribution in [0.15, 0.2) is 18.2 Å². The van der Waals surface area contributed by atoms with E-state index in [9.17, 15) is 0 Å². The van der Waals surface area contributed by atoms with Gasteiger partial charge in [-0.2, -0.15) is 0 Å². The summed E-state index contributed by atoms with van der Waals surface area (Å²) in [6.45, 7) is 12.9. The largest absolute Gasteiger partial charge is 0.473 e. The van der Waals surface area contributed by atoms with E-state index in [4.69, 9.17) is 4.74 Å². The molecule has 1 rings (SSSR count). The lowest BCUT2D eigenvalue weighted by Crippen LogP contribution is -2.20. The van der Waals surface area contributed by atoms with Crippen LogP contribution in [0, 0.1) is 19.8 Å². The van der Waals surface area contributed by atoms with Gasteiger partial charge in [-0.1, -0.05) is 26.0 Å². The lowest BCUT2D eigenvalue weighted by atomic mass is 10.1. The number of nitrogens with zero attached hydrogens (tertiary/aromatic N) is 1.